The van der Waals surface area contributed by atoms with Crippen LogP contribution in [0.25, 0.3) is 0 Å². The molecular formula is C11H16N2OS2. The molecule has 0 aromatic carbocycles. The molecule has 2 heterocycles. The maximum atomic E-state index is 10.2. The summed E-state index contributed by atoms with van der Waals surface area (Å²) in [5.74, 6) is 0.992. The van der Waals surface area contributed by atoms with Gasteiger partial charge in [-0.15, -0.1) is 0 Å². The number of thioether (sulfide) groups is 2. The second kappa shape index (κ2) is 5.38. The zero-order valence-electron chi connectivity index (χ0n) is 9.41. The van der Waals surface area contributed by atoms with E-state index < -0.39 is 6.10 Å². The predicted molar refractivity (Wildman–Crippen MR) is 69.8 cm³/mol. The molecule has 4 unspecified atom stereocenters. The first kappa shape index (κ1) is 12.2. The molecule has 2 rings (SSSR count). The van der Waals surface area contributed by atoms with Crippen molar-refractivity contribution in [3.05, 3.63) is 24.3 Å². The summed E-state index contributed by atoms with van der Waals surface area (Å²) in [6.07, 6.45) is 4.44. The Morgan fingerprint density at radius 2 is 2.00 bits per heavy atom. The van der Waals surface area contributed by atoms with Crippen molar-refractivity contribution in [1.82, 2.24) is 9.97 Å². The zero-order valence-corrected chi connectivity index (χ0v) is 11.0. The van der Waals surface area contributed by atoms with Crippen LogP contribution in [-0.4, -0.2) is 36.6 Å². The van der Waals surface area contributed by atoms with E-state index in [0.717, 1.165) is 11.3 Å². The first-order chi connectivity index (χ1) is 7.68. The number of nitrogens with zero attached hydrogens (tertiary/aromatic N) is 2. The highest BCUT2D eigenvalue weighted by Crippen LogP contribution is 2.40. The minimum Gasteiger partial charge on any atom is -0.387 e. The summed E-state index contributed by atoms with van der Waals surface area (Å²) in [5, 5.41) is 11.7. The predicted octanol–water partition coefficient (Wildman–Crippen LogP) is 2.14. The van der Waals surface area contributed by atoms with Crippen molar-refractivity contribution in [2.24, 2.45) is 0 Å². The molecule has 16 heavy (non-hydrogen) atoms. The second-order valence-corrected chi connectivity index (χ2v) is 7.07. The Kier molecular flexibility index (Phi) is 4.10. The van der Waals surface area contributed by atoms with Crippen LogP contribution in [0.1, 0.15) is 25.5 Å². The molecule has 3 nitrogen and oxygen atoms in total. The molecule has 0 radical (unpaired) electrons. The van der Waals surface area contributed by atoms with Gasteiger partial charge in [0, 0.05) is 39.5 Å². The van der Waals surface area contributed by atoms with Crippen LogP contribution in [0.5, 0.6) is 0 Å². The van der Waals surface area contributed by atoms with E-state index in [9.17, 15) is 5.11 Å². The van der Waals surface area contributed by atoms with Gasteiger partial charge < -0.3 is 5.11 Å². The van der Waals surface area contributed by atoms with Crippen LogP contribution in [0.3, 0.4) is 0 Å². The maximum absolute atomic E-state index is 10.2. The van der Waals surface area contributed by atoms with Crippen LogP contribution in [-0.2, 0) is 0 Å². The van der Waals surface area contributed by atoms with Crippen LogP contribution in [0, 0.1) is 0 Å². The van der Waals surface area contributed by atoms with Crippen molar-refractivity contribution in [2.75, 3.05) is 5.75 Å². The van der Waals surface area contributed by atoms with E-state index in [1.807, 2.05) is 23.5 Å². The van der Waals surface area contributed by atoms with Crippen molar-refractivity contribution in [3.63, 3.8) is 0 Å². The summed E-state index contributed by atoms with van der Waals surface area (Å²) < 4.78 is 0. The molecule has 1 saturated heterocycles. The van der Waals surface area contributed by atoms with Gasteiger partial charge in [0.05, 0.1) is 6.10 Å². The van der Waals surface area contributed by atoms with Crippen LogP contribution in [0.15, 0.2) is 18.7 Å². The molecule has 88 valence electrons. The highest BCUT2D eigenvalue weighted by atomic mass is 32.2. The Hall–Kier alpha value is -0.260. The Balaban J connectivity index is 2.03. The molecule has 0 aliphatic carbocycles. The summed E-state index contributed by atoms with van der Waals surface area (Å²) in [6.45, 7) is 4.47. The smallest absolute Gasteiger partial charge is 0.115 e. The lowest BCUT2D eigenvalue weighted by Crippen LogP contribution is -2.30. The van der Waals surface area contributed by atoms with E-state index >= 15 is 0 Å². The number of hydrogen-bond donors (Lipinski definition) is 1. The van der Waals surface area contributed by atoms with Gasteiger partial charge in [-0.3, -0.25) is 0 Å². The third kappa shape index (κ3) is 2.70. The van der Waals surface area contributed by atoms with Crippen LogP contribution < -0.4 is 0 Å². The molecule has 0 spiro atoms. The summed E-state index contributed by atoms with van der Waals surface area (Å²) in [6, 6.07) is 0. The van der Waals surface area contributed by atoms with Gasteiger partial charge in [-0.05, 0) is 0 Å². The molecule has 5 heteroatoms. The normalized spacial score (nSPS) is 32.3. The topological polar surface area (TPSA) is 46.0 Å². The quantitative estimate of drug-likeness (QED) is 0.878. The molecule has 0 bridgehead atoms. The molecule has 1 aromatic heterocycles. The van der Waals surface area contributed by atoms with E-state index in [2.05, 4.69) is 23.8 Å². The molecule has 1 fully saturated rings. The third-order valence-corrected chi connectivity index (χ3v) is 6.33. The minimum atomic E-state index is -0.450. The van der Waals surface area contributed by atoms with Gasteiger partial charge in [0.2, 0.25) is 0 Å². The van der Waals surface area contributed by atoms with Crippen molar-refractivity contribution in [1.29, 1.82) is 0 Å². The second-order valence-electron chi connectivity index (χ2n) is 4.03. The van der Waals surface area contributed by atoms with E-state index in [-0.39, 0.29) is 5.25 Å². The molecule has 1 aliphatic heterocycles. The SMILES string of the molecule is CC1SCC(C(O)c2cncnc2)SC1C. The minimum absolute atomic E-state index is 0.252. The first-order valence-corrected chi connectivity index (χ1v) is 7.37. The van der Waals surface area contributed by atoms with Crippen LogP contribution in [0.2, 0.25) is 0 Å². The average molecular weight is 256 g/mol. The highest BCUT2D eigenvalue weighted by molar-refractivity contribution is 8.07. The summed E-state index contributed by atoms with van der Waals surface area (Å²) in [7, 11) is 0. The van der Waals surface area contributed by atoms with E-state index in [0.29, 0.717) is 10.5 Å². The first-order valence-electron chi connectivity index (χ1n) is 5.38. The Morgan fingerprint density at radius 3 is 2.62 bits per heavy atom. The van der Waals surface area contributed by atoms with Gasteiger partial charge in [-0.1, -0.05) is 13.8 Å². The average Bonchev–Trinajstić information content (AvgIpc) is 2.33. The van der Waals surface area contributed by atoms with Gasteiger partial charge in [0.15, 0.2) is 0 Å². The molecule has 0 amide bonds. The lowest BCUT2D eigenvalue weighted by atomic mass is 10.1. The standard InChI is InChI=1S/C11H16N2OS2/c1-7-8(2)16-10(5-15-7)11(14)9-3-12-6-13-4-9/h3-4,6-8,10-11,14H,5H2,1-2H3. The molecular weight excluding hydrogens is 240 g/mol. The number of rotatable bonds is 2. The monoisotopic (exact) mass is 256 g/mol. The number of hydrogen-bond acceptors (Lipinski definition) is 5. The largest absolute Gasteiger partial charge is 0.387 e. The van der Waals surface area contributed by atoms with Crippen molar-refractivity contribution in [2.45, 2.75) is 35.7 Å². The lowest BCUT2D eigenvalue weighted by molar-refractivity contribution is 0.179. The van der Waals surface area contributed by atoms with Crippen molar-refractivity contribution >= 4 is 23.5 Å². The molecule has 0 saturated carbocycles. The summed E-state index contributed by atoms with van der Waals surface area (Å²) in [5.41, 5.74) is 0.822. The van der Waals surface area contributed by atoms with Gasteiger partial charge in [-0.25, -0.2) is 9.97 Å². The summed E-state index contributed by atoms with van der Waals surface area (Å²) >= 11 is 3.81. The van der Waals surface area contributed by atoms with Gasteiger partial charge >= 0.3 is 0 Å². The zero-order chi connectivity index (χ0) is 11.5. The van der Waals surface area contributed by atoms with E-state index in [4.69, 9.17) is 0 Å². The fourth-order valence-electron chi connectivity index (χ4n) is 1.65. The molecule has 1 N–H and O–H groups in total. The van der Waals surface area contributed by atoms with Gasteiger partial charge in [0.1, 0.15) is 6.33 Å². The van der Waals surface area contributed by atoms with Gasteiger partial charge in [0.25, 0.3) is 0 Å². The number of aromatic nitrogens is 2. The molecule has 1 aromatic rings. The van der Waals surface area contributed by atoms with Gasteiger partial charge in [-0.2, -0.15) is 23.5 Å². The van der Waals surface area contributed by atoms with Crippen molar-refractivity contribution in [3.8, 4) is 0 Å². The highest BCUT2D eigenvalue weighted by Gasteiger charge is 2.31. The maximum Gasteiger partial charge on any atom is 0.115 e. The Labute approximate surface area is 104 Å². The Bertz CT molecular complexity index is 336. The van der Waals surface area contributed by atoms with Crippen LogP contribution in [0.4, 0.5) is 0 Å². The summed E-state index contributed by atoms with van der Waals surface area (Å²) in [4.78, 5) is 7.89. The lowest BCUT2D eigenvalue weighted by Gasteiger charge is -2.33. The molecule has 4 atom stereocenters. The number of aliphatic hydroxyl groups is 1. The van der Waals surface area contributed by atoms with E-state index in [1.54, 1.807) is 12.4 Å². The van der Waals surface area contributed by atoms with Crippen LogP contribution >= 0.6 is 23.5 Å². The van der Waals surface area contributed by atoms with E-state index in [1.165, 1.54) is 6.33 Å². The van der Waals surface area contributed by atoms with Crippen molar-refractivity contribution < 1.29 is 5.11 Å². The fraction of sp³-hybridized carbons (Fsp3) is 0.636. The Morgan fingerprint density at radius 1 is 1.31 bits per heavy atom. The third-order valence-electron chi connectivity index (χ3n) is 2.85. The molecule has 1 aliphatic rings. The fourth-order valence-corrected chi connectivity index (χ4v) is 4.65. The number of aliphatic hydroxyl groups excluding tert-OH is 1.